The molecule has 25 heavy (non-hydrogen) atoms. The van der Waals surface area contributed by atoms with E-state index < -0.39 is 38.0 Å². The molecule has 1 aromatic carbocycles. The lowest BCUT2D eigenvalue weighted by Gasteiger charge is -2.14. The van der Waals surface area contributed by atoms with E-state index in [0.29, 0.717) is 4.57 Å². The molecule has 0 saturated heterocycles. The van der Waals surface area contributed by atoms with Gasteiger partial charge in [0.05, 0.1) is 10.7 Å². The number of rotatable bonds is 3. The predicted molar refractivity (Wildman–Crippen MR) is 83.5 cm³/mol. The average molecular weight is 398 g/mol. The summed E-state index contributed by atoms with van der Waals surface area (Å²) >= 11 is 5.85. The van der Waals surface area contributed by atoms with Crippen LogP contribution in [-0.4, -0.2) is 36.4 Å². The van der Waals surface area contributed by atoms with E-state index >= 15 is 0 Å². The number of sulfonamides is 1. The van der Waals surface area contributed by atoms with Crippen molar-refractivity contribution in [3.63, 3.8) is 0 Å². The fraction of sp³-hybridized carbons (Fsp3) is 0.231. The maximum atomic E-state index is 12.6. The number of alkyl halides is 3. The highest BCUT2D eigenvalue weighted by Crippen LogP contribution is 2.27. The Bertz CT molecular complexity index is 1010. The number of benzene rings is 1. The monoisotopic (exact) mass is 397 g/mol. The Labute approximate surface area is 144 Å². The largest absolute Gasteiger partial charge is 0.431 e. The van der Waals surface area contributed by atoms with E-state index in [-0.39, 0.29) is 16.8 Å². The van der Waals surface area contributed by atoms with Gasteiger partial charge in [-0.1, -0.05) is 11.6 Å². The zero-order valence-corrected chi connectivity index (χ0v) is 14.3. The normalized spacial score (nSPS) is 12.6. The number of nitrogens with zero attached hydrogens (tertiary/aromatic N) is 2. The van der Waals surface area contributed by atoms with E-state index in [1.165, 1.54) is 14.1 Å². The van der Waals surface area contributed by atoms with E-state index in [4.69, 9.17) is 11.6 Å². The second-order valence-corrected chi connectivity index (χ2v) is 7.59. The Morgan fingerprint density at radius 1 is 1.16 bits per heavy atom. The van der Waals surface area contributed by atoms with Crippen LogP contribution in [0.5, 0.6) is 0 Å². The van der Waals surface area contributed by atoms with Gasteiger partial charge in [0.25, 0.3) is 5.56 Å². The predicted octanol–water partition coefficient (Wildman–Crippen LogP) is 1.45. The minimum Gasteiger partial charge on any atom is -0.303 e. The number of hydrogen-bond acceptors (Lipinski definition) is 4. The second-order valence-electron chi connectivity index (χ2n) is 5.06. The van der Waals surface area contributed by atoms with E-state index in [9.17, 15) is 31.2 Å². The first-order valence-electron chi connectivity index (χ1n) is 6.51. The second kappa shape index (κ2) is 6.32. The van der Waals surface area contributed by atoms with Crippen molar-refractivity contribution in [1.29, 1.82) is 0 Å². The zero-order chi connectivity index (χ0) is 19.2. The van der Waals surface area contributed by atoms with Crippen LogP contribution in [0.4, 0.5) is 13.2 Å². The van der Waals surface area contributed by atoms with Gasteiger partial charge in [-0.2, -0.15) is 13.2 Å². The molecule has 0 spiro atoms. The topological polar surface area (TPSA) is 92.2 Å². The average Bonchev–Trinajstić information content (AvgIpc) is 2.46. The molecule has 0 aliphatic rings. The van der Waals surface area contributed by atoms with Gasteiger partial charge < -0.3 is 4.98 Å². The van der Waals surface area contributed by atoms with Gasteiger partial charge >= 0.3 is 11.9 Å². The van der Waals surface area contributed by atoms with Crippen molar-refractivity contribution in [2.24, 2.45) is 0 Å². The zero-order valence-electron chi connectivity index (χ0n) is 12.8. The Morgan fingerprint density at radius 3 is 2.24 bits per heavy atom. The molecule has 1 N–H and O–H groups in total. The van der Waals surface area contributed by atoms with Crippen LogP contribution in [0.2, 0.25) is 5.02 Å². The quantitative estimate of drug-likeness (QED) is 0.848. The highest BCUT2D eigenvalue weighted by molar-refractivity contribution is 7.89. The lowest BCUT2D eigenvalue weighted by Crippen LogP contribution is -2.36. The van der Waals surface area contributed by atoms with Gasteiger partial charge in [-0.15, -0.1) is 0 Å². The van der Waals surface area contributed by atoms with Gasteiger partial charge in [0.1, 0.15) is 10.6 Å². The van der Waals surface area contributed by atoms with Crippen LogP contribution >= 0.6 is 11.6 Å². The minimum absolute atomic E-state index is 0.172. The van der Waals surface area contributed by atoms with Crippen molar-refractivity contribution < 1.29 is 21.6 Å². The van der Waals surface area contributed by atoms with Crippen LogP contribution in [0.1, 0.15) is 5.69 Å². The summed E-state index contributed by atoms with van der Waals surface area (Å²) in [6.07, 6.45) is -4.91. The Morgan fingerprint density at radius 2 is 1.76 bits per heavy atom. The Hall–Kier alpha value is -2.11. The van der Waals surface area contributed by atoms with Crippen molar-refractivity contribution in [3.8, 4) is 5.69 Å². The SMILES string of the molecule is CN(C)S(=O)(=O)c1cc(-n2c(=O)cc(C(F)(F)F)[nH]c2=O)ccc1Cl. The molecule has 7 nitrogen and oxygen atoms in total. The summed E-state index contributed by atoms with van der Waals surface area (Å²) in [5.41, 5.74) is -4.39. The van der Waals surface area contributed by atoms with E-state index in [2.05, 4.69) is 0 Å². The third kappa shape index (κ3) is 3.62. The van der Waals surface area contributed by atoms with Crippen molar-refractivity contribution in [1.82, 2.24) is 13.9 Å². The molecular weight excluding hydrogens is 387 g/mol. The maximum Gasteiger partial charge on any atom is 0.431 e. The molecule has 0 amide bonds. The molecule has 2 aromatic rings. The van der Waals surface area contributed by atoms with E-state index in [0.717, 1.165) is 22.5 Å². The van der Waals surface area contributed by atoms with Crippen molar-refractivity contribution in [2.75, 3.05) is 14.1 Å². The van der Waals surface area contributed by atoms with Crippen molar-refractivity contribution in [3.05, 3.63) is 55.8 Å². The molecule has 0 bridgehead atoms. The molecule has 0 saturated carbocycles. The first-order chi connectivity index (χ1) is 11.4. The first-order valence-corrected chi connectivity index (χ1v) is 8.33. The summed E-state index contributed by atoms with van der Waals surface area (Å²) in [5.74, 6) is 0. The Kier molecular flexibility index (Phi) is 4.86. The molecule has 0 atom stereocenters. The smallest absolute Gasteiger partial charge is 0.303 e. The fourth-order valence-corrected chi connectivity index (χ4v) is 3.31. The van der Waals surface area contributed by atoms with Crippen LogP contribution in [0, 0.1) is 0 Å². The molecule has 136 valence electrons. The molecule has 0 radical (unpaired) electrons. The highest BCUT2D eigenvalue weighted by atomic mass is 35.5. The molecule has 1 aromatic heterocycles. The highest BCUT2D eigenvalue weighted by Gasteiger charge is 2.33. The third-order valence-electron chi connectivity index (χ3n) is 3.17. The van der Waals surface area contributed by atoms with Crippen molar-refractivity contribution in [2.45, 2.75) is 11.1 Å². The molecule has 12 heteroatoms. The fourth-order valence-electron chi connectivity index (χ4n) is 1.92. The number of aromatic amines is 1. The van der Waals surface area contributed by atoms with Gasteiger partial charge in [0.15, 0.2) is 0 Å². The molecular formula is C13H11ClF3N3O4S. The summed E-state index contributed by atoms with van der Waals surface area (Å²) in [6, 6.07) is 3.40. The molecule has 0 unspecified atom stereocenters. The lowest BCUT2D eigenvalue weighted by molar-refractivity contribution is -0.141. The minimum atomic E-state index is -4.91. The molecule has 0 fully saturated rings. The number of aromatic nitrogens is 2. The Balaban J connectivity index is 2.74. The van der Waals surface area contributed by atoms with E-state index in [1.807, 2.05) is 0 Å². The van der Waals surface area contributed by atoms with E-state index in [1.54, 1.807) is 4.98 Å². The molecule has 0 aliphatic heterocycles. The lowest BCUT2D eigenvalue weighted by atomic mass is 10.3. The van der Waals surface area contributed by atoms with Gasteiger partial charge in [0.2, 0.25) is 10.0 Å². The number of nitrogens with one attached hydrogen (secondary N) is 1. The van der Waals surface area contributed by atoms with Crippen LogP contribution in [0.25, 0.3) is 5.69 Å². The van der Waals surface area contributed by atoms with Crippen molar-refractivity contribution >= 4 is 21.6 Å². The number of H-pyrrole nitrogens is 1. The van der Waals surface area contributed by atoms with Gasteiger partial charge in [-0.25, -0.2) is 22.1 Å². The maximum absolute atomic E-state index is 12.6. The summed E-state index contributed by atoms with van der Waals surface area (Å²) < 4.78 is 63.5. The van der Waals surface area contributed by atoms with Crippen LogP contribution in [-0.2, 0) is 16.2 Å². The summed E-state index contributed by atoms with van der Waals surface area (Å²) in [7, 11) is -1.51. The van der Waals surface area contributed by atoms with Crippen LogP contribution in [0.15, 0.2) is 38.8 Å². The number of hydrogen-bond donors (Lipinski definition) is 1. The molecule has 0 aliphatic carbocycles. The van der Waals surface area contributed by atoms with Crippen LogP contribution in [0.3, 0.4) is 0 Å². The molecule has 2 rings (SSSR count). The third-order valence-corrected chi connectivity index (χ3v) is 5.47. The molecule has 1 heterocycles. The summed E-state index contributed by atoms with van der Waals surface area (Å²) in [5, 5.41) is -0.172. The standard InChI is InChI=1S/C13H11ClF3N3O4S/c1-19(2)25(23,24)9-5-7(3-4-8(9)14)20-11(21)6-10(13(15,16)17)18-12(20)22/h3-6H,1-2H3,(H,18,22). The van der Waals surface area contributed by atoms with Gasteiger partial charge in [-0.05, 0) is 18.2 Å². The first kappa shape index (κ1) is 19.2. The summed E-state index contributed by atoms with van der Waals surface area (Å²) in [4.78, 5) is 25.0. The number of halogens is 4. The summed E-state index contributed by atoms with van der Waals surface area (Å²) in [6.45, 7) is 0. The van der Waals surface area contributed by atoms with Gasteiger partial charge in [-0.3, -0.25) is 4.79 Å². The van der Waals surface area contributed by atoms with Gasteiger partial charge in [0, 0.05) is 20.2 Å². The van der Waals surface area contributed by atoms with Crippen LogP contribution < -0.4 is 11.2 Å².